The van der Waals surface area contributed by atoms with E-state index in [1.807, 2.05) is 25.1 Å². The molecule has 174 valence electrons. The number of ether oxygens (including phenoxy) is 1. The molecule has 0 saturated carbocycles. The average molecular weight is 480 g/mol. The minimum absolute atomic E-state index is 0.0119. The number of aromatic nitrogens is 2. The van der Waals surface area contributed by atoms with E-state index in [9.17, 15) is 13.2 Å². The lowest BCUT2D eigenvalue weighted by Crippen LogP contribution is -2.54. The van der Waals surface area contributed by atoms with Gasteiger partial charge in [0, 0.05) is 36.8 Å². The minimum Gasteiger partial charge on any atom is -0.495 e. The van der Waals surface area contributed by atoms with Crippen LogP contribution in [0.3, 0.4) is 0 Å². The van der Waals surface area contributed by atoms with Gasteiger partial charge in [-0.1, -0.05) is 0 Å². The van der Waals surface area contributed by atoms with Crippen molar-refractivity contribution in [2.75, 3.05) is 37.0 Å². The van der Waals surface area contributed by atoms with Crippen molar-refractivity contribution in [1.82, 2.24) is 19.6 Å². The van der Waals surface area contributed by atoms with Crippen molar-refractivity contribution in [3.8, 4) is 5.75 Å². The number of methoxy groups -OCH3 is 1. The molecule has 2 N–H and O–H groups in total. The van der Waals surface area contributed by atoms with Crippen molar-refractivity contribution in [3.63, 3.8) is 0 Å². The second kappa shape index (κ2) is 9.72. The first kappa shape index (κ1) is 22.9. The van der Waals surface area contributed by atoms with Gasteiger partial charge in [-0.15, -0.1) is 0 Å². The molecule has 2 aromatic heterocycles. The highest BCUT2D eigenvalue weighted by Crippen LogP contribution is 2.31. The molecule has 11 heteroatoms. The van der Waals surface area contributed by atoms with Crippen molar-refractivity contribution in [3.05, 3.63) is 35.8 Å². The zero-order valence-electron chi connectivity index (χ0n) is 18.3. The second-order valence-corrected chi connectivity index (χ2v) is 11.5. The average Bonchev–Trinajstić information content (AvgIpc) is 3.18. The normalized spacial score (nSPS) is 24.1. The highest BCUT2D eigenvalue weighted by Gasteiger charge is 2.37. The van der Waals surface area contributed by atoms with Gasteiger partial charge in [0.2, 0.25) is 0 Å². The summed E-state index contributed by atoms with van der Waals surface area (Å²) >= 11 is 1.25. The van der Waals surface area contributed by atoms with Crippen LogP contribution in [0.25, 0.3) is 0 Å². The van der Waals surface area contributed by atoms with Crippen molar-refractivity contribution >= 4 is 32.4 Å². The zero-order chi connectivity index (χ0) is 22.7. The quantitative estimate of drug-likeness (QED) is 0.677. The molecule has 4 rings (SSSR count). The third kappa shape index (κ3) is 5.57. The van der Waals surface area contributed by atoms with Crippen LogP contribution in [0.2, 0.25) is 0 Å². The predicted octanol–water partition coefficient (Wildman–Crippen LogP) is 2.41. The molecule has 2 fully saturated rings. The van der Waals surface area contributed by atoms with Crippen LogP contribution < -0.4 is 15.4 Å². The van der Waals surface area contributed by atoms with Crippen LogP contribution in [0.5, 0.6) is 5.75 Å². The first-order valence-electron chi connectivity index (χ1n) is 10.8. The van der Waals surface area contributed by atoms with E-state index in [1.165, 1.54) is 11.5 Å². The maximum Gasteiger partial charge on any atom is 0.320 e. The molecule has 2 amide bonds. The summed E-state index contributed by atoms with van der Waals surface area (Å²) in [4.78, 5) is 19.6. The van der Waals surface area contributed by atoms with E-state index in [0.717, 1.165) is 24.4 Å². The molecule has 0 aliphatic carbocycles. The van der Waals surface area contributed by atoms with E-state index >= 15 is 0 Å². The first-order chi connectivity index (χ1) is 15.3. The summed E-state index contributed by atoms with van der Waals surface area (Å²) in [7, 11) is -1.30. The number of amides is 2. The van der Waals surface area contributed by atoms with Gasteiger partial charge in [0.25, 0.3) is 0 Å². The van der Waals surface area contributed by atoms with Crippen LogP contribution in [0, 0.1) is 6.92 Å². The fraction of sp³-hybridized carbons (Fsp3) is 0.571. The van der Waals surface area contributed by atoms with Crippen LogP contribution in [0.1, 0.15) is 36.6 Å². The van der Waals surface area contributed by atoms with Crippen molar-refractivity contribution in [1.29, 1.82) is 0 Å². The Morgan fingerprint density at radius 2 is 2.03 bits per heavy atom. The van der Waals surface area contributed by atoms with E-state index in [0.29, 0.717) is 30.1 Å². The Kier molecular flexibility index (Phi) is 6.96. The second-order valence-electron chi connectivity index (χ2n) is 8.43. The van der Waals surface area contributed by atoms with Crippen LogP contribution >= 0.6 is 11.5 Å². The number of carbonyl (C=O) groups excluding carboxylic acids is 1. The molecule has 0 bridgehead atoms. The molecule has 2 aromatic rings. The van der Waals surface area contributed by atoms with Gasteiger partial charge in [-0.05, 0) is 55.9 Å². The van der Waals surface area contributed by atoms with Gasteiger partial charge >= 0.3 is 6.03 Å². The summed E-state index contributed by atoms with van der Waals surface area (Å²) in [6.45, 7) is 3.41. The molecule has 0 unspecified atom stereocenters. The Hall–Kier alpha value is -2.24. The Balaban J connectivity index is 1.48. The molecule has 4 heterocycles. The number of anilines is 1. The van der Waals surface area contributed by atoms with E-state index < -0.39 is 9.84 Å². The number of aryl methyl sites for hydroxylation is 1. The lowest BCUT2D eigenvalue weighted by Gasteiger charge is -2.43. The van der Waals surface area contributed by atoms with Crippen molar-refractivity contribution < 1.29 is 17.9 Å². The van der Waals surface area contributed by atoms with E-state index in [1.54, 1.807) is 13.3 Å². The molecule has 0 aromatic carbocycles. The van der Waals surface area contributed by atoms with Gasteiger partial charge in [-0.25, -0.2) is 13.2 Å². The number of piperidine rings is 1. The van der Waals surface area contributed by atoms with Crippen LogP contribution in [0.15, 0.2) is 24.4 Å². The number of sulfone groups is 1. The van der Waals surface area contributed by atoms with Gasteiger partial charge < -0.3 is 10.1 Å². The fourth-order valence-electron chi connectivity index (χ4n) is 4.49. The SMILES string of the molecule is COc1ccc([C@@H]2CN(C3CCS(=O)(=O)CC3)CC[C@H]2NC(=O)Nc2cc(C)ns2)nc1. The summed E-state index contributed by atoms with van der Waals surface area (Å²) in [6, 6.07) is 5.56. The van der Waals surface area contributed by atoms with Crippen LogP contribution in [-0.2, 0) is 9.84 Å². The molecule has 0 radical (unpaired) electrons. The van der Waals surface area contributed by atoms with Crippen LogP contribution in [-0.4, -0.2) is 72.5 Å². The van der Waals surface area contributed by atoms with Gasteiger partial charge in [0.05, 0.1) is 30.5 Å². The molecular weight excluding hydrogens is 450 g/mol. The number of nitrogens with one attached hydrogen (secondary N) is 2. The monoisotopic (exact) mass is 479 g/mol. The number of hydrogen-bond donors (Lipinski definition) is 2. The molecule has 2 saturated heterocycles. The fourth-order valence-corrected chi connectivity index (χ4v) is 6.62. The molecule has 2 aliphatic rings. The lowest BCUT2D eigenvalue weighted by molar-refractivity contribution is 0.119. The van der Waals surface area contributed by atoms with Gasteiger partial charge in [0.1, 0.15) is 20.6 Å². The standard InChI is InChI=1S/C21H29N5O4S2/c1-14-11-20(31-25-14)24-21(27)23-19-5-8-26(15-6-9-32(28,29)10-7-15)13-17(19)18-4-3-16(30-2)12-22-18/h3-4,11-12,15,17,19H,5-10,13H2,1-2H3,(H2,23,24,27)/t17-,19+/m0/s1. The Bertz CT molecular complexity index is 1030. The Morgan fingerprint density at radius 1 is 1.25 bits per heavy atom. The lowest BCUT2D eigenvalue weighted by atomic mass is 9.87. The van der Waals surface area contributed by atoms with Gasteiger partial charge in [0.15, 0.2) is 0 Å². The predicted molar refractivity (Wildman–Crippen MR) is 124 cm³/mol. The summed E-state index contributed by atoms with van der Waals surface area (Å²) < 4.78 is 33.1. The topological polar surface area (TPSA) is 114 Å². The number of nitrogens with zero attached hydrogens (tertiary/aromatic N) is 3. The molecular formula is C21H29N5O4S2. The van der Waals surface area contributed by atoms with E-state index in [2.05, 4.69) is 24.9 Å². The summed E-state index contributed by atoms with van der Waals surface area (Å²) in [5, 5.41) is 6.70. The molecule has 9 nitrogen and oxygen atoms in total. The van der Waals surface area contributed by atoms with Crippen molar-refractivity contribution in [2.24, 2.45) is 0 Å². The third-order valence-electron chi connectivity index (χ3n) is 6.24. The third-order valence-corrected chi connectivity index (χ3v) is 8.75. The summed E-state index contributed by atoms with van der Waals surface area (Å²) in [5.41, 5.74) is 1.76. The first-order valence-corrected chi connectivity index (χ1v) is 13.4. The Labute approximate surface area is 192 Å². The van der Waals surface area contributed by atoms with Gasteiger partial charge in [-0.2, -0.15) is 4.37 Å². The largest absolute Gasteiger partial charge is 0.495 e. The number of urea groups is 1. The minimum atomic E-state index is -2.90. The van der Waals surface area contributed by atoms with Gasteiger partial charge in [-0.3, -0.25) is 15.2 Å². The summed E-state index contributed by atoms with van der Waals surface area (Å²) in [6.07, 6.45) is 3.78. The summed E-state index contributed by atoms with van der Waals surface area (Å²) in [5.74, 6) is 1.17. The maximum absolute atomic E-state index is 12.7. The van der Waals surface area contributed by atoms with Crippen molar-refractivity contribution in [2.45, 2.75) is 44.2 Å². The smallest absolute Gasteiger partial charge is 0.320 e. The van der Waals surface area contributed by atoms with E-state index in [-0.39, 0.29) is 35.5 Å². The molecule has 0 spiro atoms. The number of likely N-dealkylation sites (tertiary alicyclic amines) is 1. The van der Waals surface area contributed by atoms with E-state index in [4.69, 9.17) is 4.74 Å². The number of carbonyl (C=O) groups is 1. The maximum atomic E-state index is 12.7. The number of hydrogen-bond acceptors (Lipinski definition) is 8. The van der Waals surface area contributed by atoms with Crippen LogP contribution in [0.4, 0.5) is 9.80 Å². The molecule has 2 aliphatic heterocycles. The number of pyridine rings is 1. The Morgan fingerprint density at radius 3 is 2.66 bits per heavy atom. The zero-order valence-corrected chi connectivity index (χ0v) is 19.9. The molecule has 2 atom stereocenters. The highest BCUT2D eigenvalue weighted by molar-refractivity contribution is 7.91. The molecule has 32 heavy (non-hydrogen) atoms. The number of rotatable bonds is 5. The highest BCUT2D eigenvalue weighted by atomic mass is 32.2.